The molecule has 2 aromatic rings. The zero-order chi connectivity index (χ0) is 17.7. The van der Waals surface area contributed by atoms with E-state index in [1.165, 1.54) is 19.2 Å². The Kier molecular flexibility index (Phi) is 5.25. The largest absolute Gasteiger partial charge is 0.496 e. The molecular weight excluding hydrogens is 326 g/mol. The fourth-order valence-electron chi connectivity index (χ4n) is 1.82. The number of hydrogen-bond donors (Lipinski definition) is 1. The Morgan fingerprint density at radius 3 is 2.50 bits per heavy atom. The van der Waals surface area contributed by atoms with Gasteiger partial charge in [0.1, 0.15) is 23.1 Å². The molecule has 2 aromatic carbocycles. The van der Waals surface area contributed by atoms with Crippen molar-refractivity contribution in [3.05, 3.63) is 58.1 Å². The number of ether oxygens (including phenoxy) is 2. The number of nitrogens with one attached hydrogen (secondary N) is 1. The molecule has 0 aliphatic rings. The maximum absolute atomic E-state index is 13.4. The summed E-state index contributed by atoms with van der Waals surface area (Å²) < 4.78 is 36.8. The number of carbonyl (C=O) groups excluding carboxylic acids is 1. The summed E-state index contributed by atoms with van der Waals surface area (Å²) in [6.45, 7) is -0.666. The van der Waals surface area contributed by atoms with Gasteiger partial charge in [-0.05, 0) is 24.3 Å². The van der Waals surface area contributed by atoms with Gasteiger partial charge in [0.15, 0.2) is 12.4 Å². The molecule has 0 saturated carbocycles. The van der Waals surface area contributed by atoms with Crippen LogP contribution in [0.3, 0.4) is 0 Å². The van der Waals surface area contributed by atoms with E-state index in [0.717, 1.165) is 24.3 Å². The molecule has 0 aliphatic carbocycles. The summed E-state index contributed by atoms with van der Waals surface area (Å²) in [5.41, 5.74) is -1.02. The summed E-state index contributed by atoms with van der Waals surface area (Å²) in [5.74, 6) is -2.70. The third kappa shape index (κ3) is 3.94. The quantitative estimate of drug-likeness (QED) is 0.646. The van der Waals surface area contributed by atoms with Crippen LogP contribution in [0.25, 0.3) is 0 Å². The van der Waals surface area contributed by atoms with E-state index in [9.17, 15) is 23.7 Å². The van der Waals surface area contributed by atoms with Crippen molar-refractivity contribution >= 4 is 17.3 Å². The highest BCUT2D eigenvalue weighted by atomic mass is 19.1. The van der Waals surface area contributed by atoms with Crippen LogP contribution in [0.5, 0.6) is 11.5 Å². The summed E-state index contributed by atoms with van der Waals surface area (Å²) in [5, 5.41) is 13.0. The van der Waals surface area contributed by atoms with Crippen LogP contribution < -0.4 is 14.8 Å². The highest BCUT2D eigenvalue weighted by Crippen LogP contribution is 2.31. The van der Waals surface area contributed by atoms with Crippen LogP contribution in [-0.4, -0.2) is 24.5 Å². The van der Waals surface area contributed by atoms with Crippen LogP contribution in [0.2, 0.25) is 0 Å². The molecule has 0 aliphatic heterocycles. The van der Waals surface area contributed by atoms with E-state index >= 15 is 0 Å². The molecule has 0 radical (unpaired) electrons. The summed E-state index contributed by atoms with van der Waals surface area (Å²) >= 11 is 0. The predicted octanol–water partition coefficient (Wildman–Crippen LogP) is 2.90. The smallest absolute Gasteiger partial charge is 0.314 e. The maximum atomic E-state index is 13.4. The number of halogens is 2. The molecule has 0 atom stereocenters. The average Bonchev–Trinajstić information content (AvgIpc) is 2.56. The minimum absolute atomic E-state index is 0.176. The van der Waals surface area contributed by atoms with Crippen molar-refractivity contribution in [2.75, 3.05) is 19.0 Å². The fraction of sp³-hybridized carbons (Fsp3) is 0.133. The van der Waals surface area contributed by atoms with Crippen molar-refractivity contribution in [2.45, 2.75) is 0 Å². The Labute approximate surface area is 135 Å². The number of rotatable bonds is 6. The van der Waals surface area contributed by atoms with Gasteiger partial charge in [0.05, 0.1) is 18.1 Å². The first-order chi connectivity index (χ1) is 11.4. The Morgan fingerprint density at radius 2 is 1.92 bits per heavy atom. The number of nitro groups is 1. The predicted molar refractivity (Wildman–Crippen MR) is 80.1 cm³/mol. The Morgan fingerprint density at radius 1 is 1.25 bits per heavy atom. The lowest BCUT2D eigenvalue weighted by atomic mass is 10.2. The van der Waals surface area contributed by atoms with Crippen molar-refractivity contribution in [3.63, 3.8) is 0 Å². The lowest BCUT2D eigenvalue weighted by molar-refractivity contribution is -0.385. The monoisotopic (exact) mass is 338 g/mol. The van der Waals surface area contributed by atoms with Gasteiger partial charge in [-0.3, -0.25) is 14.9 Å². The normalized spacial score (nSPS) is 10.1. The topological polar surface area (TPSA) is 90.7 Å². The molecule has 0 unspecified atom stereocenters. The fourth-order valence-corrected chi connectivity index (χ4v) is 1.82. The molecule has 0 heterocycles. The molecular formula is C15H12F2N2O5. The standard InChI is InChI=1S/C15H12F2N2O5/c1-23-9-5-6-13(12(7-9)19(21)22)24-8-14(20)18-15-10(16)3-2-4-11(15)17/h2-7H,8H2,1H3,(H,18,20). The van der Waals surface area contributed by atoms with Crippen LogP contribution in [0.4, 0.5) is 20.2 Å². The SMILES string of the molecule is COc1ccc(OCC(=O)Nc2c(F)cccc2F)c([N+](=O)[O-])c1. The first-order valence-electron chi connectivity index (χ1n) is 6.61. The van der Waals surface area contributed by atoms with E-state index in [1.807, 2.05) is 5.32 Å². The molecule has 7 nitrogen and oxygen atoms in total. The zero-order valence-electron chi connectivity index (χ0n) is 12.4. The lowest BCUT2D eigenvalue weighted by Gasteiger charge is -2.09. The molecule has 2 rings (SSSR count). The lowest BCUT2D eigenvalue weighted by Crippen LogP contribution is -2.21. The van der Waals surface area contributed by atoms with Crippen LogP contribution >= 0.6 is 0 Å². The molecule has 1 amide bonds. The molecule has 0 fully saturated rings. The van der Waals surface area contributed by atoms with Crippen LogP contribution in [0.1, 0.15) is 0 Å². The summed E-state index contributed by atoms with van der Waals surface area (Å²) in [6, 6.07) is 6.91. The van der Waals surface area contributed by atoms with E-state index in [4.69, 9.17) is 9.47 Å². The molecule has 9 heteroatoms. The van der Waals surface area contributed by atoms with Crippen molar-refractivity contribution in [1.29, 1.82) is 0 Å². The highest BCUT2D eigenvalue weighted by Gasteiger charge is 2.18. The summed E-state index contributed by atoms with van der Waals surface area (Å²) in [4.78, 5) is 22.0. The number of nitro benzene ring substituents is 1. The number of benzene rings is 2. The van der Waals surface area contributed by atoms with Gasteiger partial charge < -0.3 is 14.8 Å². The van der Waals surface area contributed by atoms with Gasteiger partial charge in [0.2, 0.25) is 0 Å². The van der Waals surface area contributed by atoms with Gasteiger partial charge in [0.25, 0.3) is 5.91 Å². The van der Waals surface area contributed by atoms with E-state index in [2.05, 4.69) is 0 Å². The number of para-hydroxylation sites is 1. The van der Waals surface area contributed by atoms with Gasteiger partial charge in [-0.25, -0.2) is 8.78 Å². The number of anilines is 1. The number of methoxy groups -OCH3 is 1. The molecule has 1 N–H and O–H groups in total. The molecule has 24 heavy (non-hydrogen) atoms. The second-order valence-corrected chi connectivity index (χ2v) is 4.52. The summed E-state index contributed by atoms with van der Waals surface area (Å²) in [7, 11) is 1.34. The molecule has 0 bridgehead atoms. The molecule has 126 valence electrons. The van der Waals surface area contributed by atoms with Gasteiger partial charge in [-0.1, -0.05) is 6.07 Å². The molecule has 0 saturated heterocycles. The first kappa shape index (κ1) is 17.1. The van der Waals surface area contributed by atoms with E-state index in [-0.39, 0.29) is 11.5 Å². The summed E-state index contributed by atoms with van der Waals surface area (Å²) in [6.07, 6.45) is 0. The van der Waals surface area contributed by atoms with E-state index in [1.54, 1.807) is 0 Å². The zero-order valence-corrected chi connectivity index (χ0v) is 12.4. The van der Waals surface area contributed by atoms with Gasteiger partial charge in [-0.15, -0.1) is 0 Å². The Hall–Kier alpha value is -3.23. The van der Waals surface area contributed by atoms with Crippen LogP contribution in [0, 0.1) is 21.7 Å². The van der Waals surface area contributed by atoms with Gasteiger partial charge in [0, 0.05) is 0 Å². The van der Waals surface area contributed by atoms with Crippen LogP contribution in [0.15, 0.2) is 36.4 Å². The van der Waals surface area contributed by atoms with Crippen molar-refractivity contribution in [1.82, 2.24) is 0 Å². The molecule has 0 spiro atoms. The Bertz CT molecular complexity index is 762. The minimum Gasteiger partial charge on any atom is -0.496 e. The highest BCUT2D eigenvalue weighted by molar-refractivity contribution is 5.92. The van der Waals surface area contributed by atoms with E-state index < -0.39 is 40.4 Å². The van der Waals surface area contributed by atoms with Crippen LogP contribution in [-0.2, 0) is 4.79 Å². The van der Waals surface area contributed by atoms with Gasteiger partial charge in [-0.2, -0.15) is 0 Å². The minimum atomic E-state index is -0.946. The maximum Gasteiger partial charge on any atom is 0.314 e. The second kappa shape index (κ2) is 7.36. The number of amides is 1. The third-order valence-electron chi connectivity index (χ3n) is 2.95. The number of nitrogens with zero attached hydrogens (tertiary/aromatic N) is 1. The first-order valence-corrected chi connectivity index (χ1v) is 6.61. The van der Waals surface area contributed by atoms with Crippen molar-refractivity contribution < 1.29 is 28.0 Å². The van der Waals surface area contributed by atoms with Crippen molar-refractivity contribution in [3.8, 4) is 11.5 Å². The van der Waals surface area contributed by atoms with Gasteiger partial charge >= 0.3 is 5.69 Å². The number of hydrogen-bond acceptors (Lipinski definition) is 5. The van der Waals surface area contributed by atoms with E-state index in [0.29, 0.717) is 0 Å². The third-order valence-corrected chi connectivity index (χ3v) is 2.95. The Balaban J connectivity index is 2.08. The second-order valence-electron chi connectivity index (χ2n) is 4.52. The average molecular weight is 338 g/mol. The van der Waals surface area contributed by atoms with Crippen molar-refractivity contribution in [2.24, 2.45) is 0 Å². The number of carbonyl (C=O) groups is 1. The molecule has 0 aromatic heterocycles.